The Kier molecular flexibility index (Phi) is 27.2. The quantitative estimate of drug-likeness (QED) is 0.0267. The predicted molar refractivity (Wildman–Crippen MR) is 543 cm³/mol. The number of thiophene rings is 1. The molecule has 5 aliphatic heterocycles. The van der Waals surface area contributed by atoms with E-state index in [0.717, 1.165) is 238 Å². The third-order valence-corrected chi connectivity index (χ3v) is 26.9. The molecule has 7 aromatic carbocycles. The molecule has 17 N–H and O–H groups in total. The van der Waals surface area contributed by atoms with Crippen molar-refractivity contribution >= 4 is 97.1 Å². The molecule has 16 aromatic rings. The number of nitrogens with two attached hydrogens (primary N) is 3. The highest BCUT2D eigenvalue weighted by molar-refractivity contribution is 7.15. The molecule has 2 aliphatic carbocycles. The number of carbonyl (C=O) groups is 4. The van der Waals surface area contributed by atoms with Gasteiger partial charge in [-0.15, -0.1) is 11.3 Å². The molecule has 0 radical (unpaired) electrons. The van der Waals surface area contributed by atoms with Gasteiger partial charge in [0.05, 0.1) is 50.5 Å². The van der Waals surface area contributed by atoms with Gasteiger partial charge in [-0.2, -0.15) is 4.98 Å². The van der Waals surface area contributed by atoms with E-state index < -0.39 is 17.7 Å². The summed E-state index contributed by atoms with van der Waals surface area (Å²) < 4.78 is 7.65. The number of aromatic nitrogens is 11. The van der Waals surface area contributed by atoms with Crippen LogP contribution in [0.25, 0.3) is 60.7 Å². The predicted octanol–water partition coefficient (Wildman–Crippen LogP) is 15.3. The van der Waals surface area contributed by atoms with E-state index in [1.807, 2.05) is 163 Å². The Labute approximate surface area is 806 Å². The van der Waals surface area contributed by atoms with E-state index >= 15 is 0 Å². The van der Waals surface area contributed by atoms with Crippen molar-refractivity contribution in [2.45, 2.75) is 123 Å². The summed E-state index contributed by atoms with van der Waals surface area (Å²) in [6.45, 7) is 11.9. The zero-order chi connectivity index (χ0) is 94.7. The molecule has 0 saturated carbocycles. The average Bonchev–Trinajstić information content (AvgIpc) is 1.45. The van der Waals surface area contributed by atoms with Gasteiger partial charge >= 0.3 is 0 Å². The van der Waals surface area contributed by atoms with E-state index in [1.165, 1.54) is 27.8 Å². The topological polar surface area (TPSA) is 425 Å². The van der Waals surface area contributed by atoms with Crippen LogP contribution in [0.15, 0.2) is 264 Å². The van der Waals surface area contributed by atoms with Crippen LogP contribution in [0.5, 0.6) is 0 Å². The van der Waals surface area contributed by atoms with Gasteiger partial charge in [-0.1, -0.05) is 194 Å². The molecular formula is C108H105N25O5S. The average molecular weight is 1870 g/mol. The normalized spacial score (nSPS) is 15.3. The lowest BCUT2D eigenvalue weighted by molar-refractivity contribution is -0.112. The smallest absolute Gasteiger partial charge is 0.265 e. The second kappa shape index (κ2) is 41.6. The number of aryl methyl sites for hydroxylation is 2. The van der Waals surface area contributed by atoms with Gasteiger partial charge in [-0.3, -0.25) is 24.5 Å². The Morgan fingerprint density at radius 2 is 0.892 bits per heavy atom. The molecular weight excluding hydrogens is 1760 g/mol. The molecule has 30 nitrogen and oxygen atoms in total. The fraction of sp³-hybridized carbons (Fsp3) is 0.222. The summed E-state index contributed by atoms with van der Waals surface area (Å²) in [7, 11) is 0. The lowest BCUT2D eigenvalue weighted by Gasteiger charge is -2.25. The number of amides is 4. The Hall–Kier alpha value is -16.1. The summed E-state index contributed by atoms with van der Waals surface area (Å²) in [4.78, 5) is 99.3. The summed E-state index contributed by atoms with van der Waals surface area (Å²) in [6.07, 6.45) is 18.7. The SMILES string of the molecule is Cc1cn2c(C(N)=O)cccc2c1-c1nc2c(c(NCc3ccccc3)n1)CNCC2.NC(=O)c1cccc2c(-c3nc4c(c(NCc5ccccc5)n3)CNCC4)occ12.NC(=O)c1cccc2c(-c3nc4c(c(NCc5ccccc5)n3)CNCC4)scc12.O=C(Nc1nc2c(c(NCc3ccccc3)n1)CCCC2)C1=CC=CC2C1=CNC2c1nc2c(c(NCc3ccccc3)n1)CNCC2. The van der Waals surface area contributed by atoms with Gasteiger partial charge < -0.3 is 79.2 Å². The number of allylic oxidation sites excluding steroid dienone is 2. The summed E-state index contributed by atoms with van der Waals surface area (Å²) in [5, 5.41) is 43.0. The molecule has 4 amide bonds. The first-order chi connectivity index (χ1) is 68.2. The summed E-state index contributed by atoms with van der Waals surface area (Å²) >= 11 is 1.55. The summed E-state index contributed by atoms with van der Waals surface area (Å²) in [5.74, 6) is 5.90. The highest BCUT2D eigenvalue weighted by atomic mass is 32.1. The van der Waals surface area contributed by atoms with Crippen molar-refractivity contribution in [2.75, 3.05) is 58.1 Å². The van der Waals surface area contributed by atoms with Crippen molar-refractivity contribution < 1.29 is 23.6 Å². The molecule has 7 aliphatic rings. The number of anilines is 6. The molecule has 31 heteroatoms. The Morgan fingerprint density at radius 3 is 1.42 bits per heavy atom. The van der Waals surface area contributed by atoms with Crippen LogP contribution in [0.3, 0.4) is 0 Å². The molecule has 2 atom stereocenters. The van der Waals surface area contributed by atoms with Gasteiger partial charge in [0.1, 0.15) is 41.0 Å². The van der Waals surface area contributed by atoms with E-state index in [0.29, 0.717) is 89.7 Å². The monoisotopic (exact) mass is 1860 g/mol. The first-order valence-electron chi connectivity index (χ1n) is 47.1. The van der Waals surface area contributed by atoms with Gasteiger partial charge in [0.2, 0.25) is 17.8 Å². The Morgan fingerprint density at radius 1 is 0.439 bits per heavy atom. The third-order valence-electron chi connectivity index (χ3n) is 25.9. The fourth-order valence-corrected chi connectivity index (χ4v) is 19.9. The highest BCUT2D eigenvalue weighted by Gasteiger charge is 2.38. The standard InChI is InChI=1S/C38H39N9O.C24H24N6O.C23H21N5O2.C23H21N5OS/c48-37(47-38-44-31-17-8-7-14-28(31)34(46-38)41-20-24-10-3-1-4-11-24)27-16-9-15-26-29(27)23-40-33(26)36-43-32-18-19-39-22-30(32)35(45-36)42-21-25-12-5-2-6-13-25;1-15-14-30-19(8-5-9-20(30)22(25)31)21(15)24-28-18-10-11-26-13-17(18)23(29-24)27-12-16-6-3-2-4-7-16;2*24-21(29)16-8-4-7-15-18(16)13-30-20(15)23-27-19-9-10-25-12-17(19)22(28-23)26-11-14-5-2-1-3-6-14/h1-6,9-13,15-16,23,26,33,39-40H,7-8,14,17-22H2,(H,42,43,45)(H2,41,44,46,47,48);2-9,14,26H,10-13H2,1H3,(H2,25,31)(H,27,28,29);2*1-8,13,25H,9-12H2,(H2,24,29)(H,26,27,28). The minimum absolute atomic E-state index is 0.0926. The van der Waals surface area contributed by atoms with Crippen molar-refractivity contribution in [1.82, 2.24) is 80.8 Å². The number of rotatable bonds is 24. The zero-order valence-electron chi connectivity index (χ0n) is 76.8. The number of pyridine rings is 1. The Balaban J connectivity index is 0.000000117. The number of benzene rings is 7. The molecule has 0 bridgehead atoms. The lowest BCUT2D eigenvalue weighted by Crippen LogP contribution is -2.29. The van der Waals surface area contributed by atoms with E-state index in [4.69, 9.17) is 71.5 Å². The summed E-state index contributed by atoms with van der Waals surface area (Å²) in [6, 6.07) is 67.7. The van der Waals surface area contributed by atoms with Crippen LogP contribution < -0.4 is 75.7 Å². The molecule has 0 spiro atoms. The number of fused-ring (bicyclic) bond motifs is 9. The van der Waals surface area contributed by atoms with Crippen molar-refractivity contribution in [1.29, 1.82) is 0 Å². The van der Waals surface area contributed by atoms with Crippen molar-refractivity contribution in [3.05, 3.63) is 372 Å². The highest BCUT2D eigenvalue weighted by Crippen LogP contribution is 2.43. The number of nitrogens with zero attached hydrogens (tertiary/aromatic N) is 11. The molecule has 139 heavy (non-hydrogen) atoms. The van der Waals surface area contributed by atoms with Crippen LogP contribution in [-0.4, -0.2) is 104 Å². The van der Waals surface area contributed by atoms with Gasteiger partial charge in [-0.05, 0) is 102 Å². The number of carbonyl (C=O) groups excluding carboxylic acids is 4. The second-order valence-electron chi connectivity index (χ2n) is 35.0. The maximum atomic E-state index is 13.8. The first kappa shape index (κ1) is 90.7. The van der Waals surface area contributed by atoms with Gasteiger partial charge in [-0.25, -0.2) is 44.9 Å². The fourth-order valence-electron chi connectivity index (χ4n) is 18.9. The maximum Gasteiger partial charge on any atom is 0.265 e. The van der Waals surface area contributed by atoms with Gasteiger partial charge in [0.25, 0.3) is 11.8 Å². The molecule has 14 heterocycles. The van der Waals surface area contributed by atoms with E-state index in [9.17, 15) is 19.2 Å². The van der Waals surface area contributed by atoms with Crippen LogP contribution >= 0.6 is 11.3 Å². The van der Waals surface area contributed by atoms with E-state index in [-0.39, 0.29) is 17.9 Å². The number of hydrogen-bond donors (Lipinski definition) is 14. The minimum atomic E-state index is -0.490. The molecule has 2 unspecified atom stereocenters. The Bertz CT molecular complexity index is 7200. The first-order valence-corrected chi connectivity index (χ1v) is 48.0. The second-order valence-corrected chi connectivity index (χ2v) is 35.9. The number of primary amides is 3. The van der Waals surface area contributed by atoms with Crippen LogP contribution in [0.4, 0.5) is 35.0 Å². The van der Waals surface area contributed by atoms with Crippen LogP contribution in [0, 0.1) is 12.8 Å². The molecule has 9 aromatic heterocycles. The molecule has 0 fully saturated rings. The molecule has 23 rings (SSSR count). The molecule has 698 valence electrons. The summed E-state index contributed by atoms with van der Waals surface area (Å²) in [5.41, 5.74) is 39.0. The largest absolute Gasteiger partial charge is 0.460 e. The van der Waals surface area contributed by atoms with Crippen molar-refractivity contribution in [3.8, 4) is 33.7 Å². The van der Waals surface area contributed by atoms with E-state index in [1.54, 1.807) is 41.9 Å². The molecule has 0 saturated heterocycles. The van der Waals surface area contributed by atoms with Crippen LogP contribution in [0.2, 0.25) is 0 Å². The third kappa shape index (κ3) is 20.2. The minimum Gasteiger partial charge on any atom is -0.460 e. The van der Waals surface area contributed by atoms with Crippen molar-refractivity contribution in [3.63, 3.8) is 0 Å². The van der Waals surface area contributed by atoms with Crippen molar-refractivity contribution in [2.24, 2.45) is 23.1 Å². The number of nitrogens with one attached hydrogen (secondary N) is 11. The number of hydrogen-bond acceptors (Lipinski definition) is 26. The number of furan rings is 1. The van der Waals surface area contributed by atoms with Crippen LogP contribution in [0.1, 0.15) is 146 Å². The van der Waals surface area contributed by atoms with Gasteiger partial charge in [0.15, 0.2) is 29.1 Å². The van der Waals surface area contributed by atoms with E-state index in [2.05, 4.69) is 125 Å². The van der Waals surface area contributed by atoms with Gasteiger partial charge in [0, 0.05) is 201 Å². The zero-order valence-corrected chi connectivity index (χ0v) is 77.6. The lowest BCUT2D eigenvalue weighted by atomic mass is 9.85. The van der Waals surface area contributed by atoms with Crippen LogP contribution in [-0.2, 0) is 102 Å². The maximum absolute atomic E-state index is 13.8.